The molecule has 0 saturated carbocycles. The van der Waals surface area contributed by atoms with E-state index in [1.165, 1.54) is 14.0 Å². The number of pyridine rings is 1. The second-order valence-electron chi connectivity index (χ2n) is 3.61. The van der Waals surface area contributed by atoms with Crippen molar-refractivity contribution in [1.29, 1.82) is 0 Å². The highest BCUT2D eigenvalue weighted by Gasteiger charge is 2.33. The monoisotopic (exact) mass is 279 g/mol. The summed E-state index contributed by atoms with van der Waals surface area (Å²) in [5.74, 6) is -1.37. The predicted molar refractivity (Wildman–Crippen MR) is 57.5 cm³/mol. The average molecular weight is 279 g/mol. The first-order valence-electron chi connectivity index (χ1n) is 5.20. The van der Waals surface area contributed by atoms with Crippen LogP contribution in [0.1, 0.15) is 28.7 Å². The molecule has 1 atom stereocenters. The third-order valence-corrected chi connectivity index (χ3v) is 2.28. The summed E-state index contributed by atoms with van der Waals surface area (Å²) >= 11 is 0. The van der Waals surface area contributed by atoms with E-state index < -0.39 is 24.1 Å². The Bertz CT molecular complexity index is 462. The Hall–Kier alpha value is -1.67. The number of rotatable bonds is 5. The molecule has 0 aliphatic carbocycles. The molecule has 0 aromatic carbocycles. The standard InChI is InChI=1S/C11H12F3NO4/c1-6(18-2)19-5-8-7(10(16)17)3-4-9(15-8)11(12,13)14/h3-4,6H,5H2,1-2H3,(H,16,17). The van der Waals surface area contributed by atoms with E-state index in [2.05, 4.69) is 4.98 Å². The molecule has 1 rings (SSSR count). The first-order valence-corrected chi connectivity index (χ1v) is 5.20. The molecule has 19 heavy (non-hydrogen) atoms. The van der Waals surface area contributed by atoms with Gasteiger partial charge in [-0.15, -0.1) is 0 Å². The molecule has 1 aromatic heterocycles. The number of carboxylic acids is 1. The molecule has 0 radical (unpaired) electrons. The Labute approximate surface area is 107 Å². The van der Waals surface area contributed by atoms with Crippen LogP contribution in [0.4, 0.5) is 13.2 Å². The largest absolute Gasteiger partial charge is 0.478 e. The minimum Gasteiger partial charge on any atom is -0.478 e. The number of aromatic carboxylic acids is 1. The van der Waals surface area contributed by atoms with E-state index in [9.17, 15) is 18.0 Å². The number of hydrogen-bond acceptors (Lipinski definition) is 4. The van der Waals surface area contributed by atoms with Gasteiger partial charge in [-0.05, 0) is 19.1 Å². The lowest BCUT2D eigenvalue weighted by atomic mass is 10.1. The number of carboxylic acid groups (broad SMARTS) is 1. The SMILES string of the molecule is COC(C)OCc1nc(C(F)(F)F)ccc1C(=O)O. The minimum atomic E-state index is -4.64. The van der Waals surface area contributed by atoms with Crippen LogP contribution in [-0.4, -0.2) is 29.5 Å². The highest BCUT2D eigenvalue weighted by atomic mass is 19.4. The van der Waals surface area contributed by atoms with E-state index in [0.29, 0.717) is 6.07 Å². The maximum Gasteiger partial charge on any atom is 0.433 e. The van der Waals surface area contributed by atoms with Crippen LogP contribution in [0, 0.1) is 0 Å². The molecule has 1 heterocycles. The molecule has 0 aliphatic rings. The van der Waals surface area contributed by atoms with E-state index in [1.54, 1.807) is 0 Å². The number of nitrogens with zero attached hydrogens (tertiary/aromatic N) is 1. The van der Waals surface area contributed by atoms with E-state index >= 15 is 0 Å². The molecule has 0 fully saturated rings. The highest BCUT2D eigenvalue weighted by Crippen LogP contribution is 2.28. The first-order chi connectivity index (χ1) is 8.75. The van der Waals surface area contributed by atoms with E-state index in [1.807, 2.05) is 0 Å². The molecule has 5 nitrogen and oxygen atoms in total. The Balaban J connectivity index is 3.06. The highest BCUT2D eigenvalue weighted by molar-refractivity contribution is 5.88. The number of carbonyl (C=O) groups is 1. The van der Waals surface area contributed by atoms with E-state index in [4.69, 9.17) is 14.6 Å². The molecule has 0 amide bonds. The zero-order chi connectivity index (χ0) is 14.6. The molecule has 8 heteroatoms. The van der Waals surface area contributed by atoms with Crippen molar-refractivity contribution in [2.24, 2.45) is 0 Å². The van der Waals surface area contributed by atoms with Gasteiger partial charge in [0.2, 0.25) is 0 Å². The van der Waals surface area contributed by atoms with Gasteiger partial charge in [0.1, 0.15) is 5.69 Å². The lowest BCUT2D eigenvalue weighted by molar-refractivity contribution is -0.142. The van der Waals surface area contributed by atoms with E-state index in [-0.39, 0.29) is 17.9 Å². The first kappa shape index (κ1) is 15.4. The van der Waals surface area contributed by atoms with Crippen molar-refractivity contribution in [3.05, 3.63) is 29.1 Å². The summed E-state index contributed by atoms with van der Waals surface area (Å²) in [6, 6.07) is 1.47. The van der Waals surface area contributed by atoms with E-state index in [0.717, 1.165) is 6.07 Å². The predicted octanol–water partition coefficient (Wildman–Crippen LogP) is 2.31. The van der Waals surface area contributed by atoms with Gasteiger partial charge in [0.25, 0.3) is 0 Å². The van der Waals surface area contributed by atoms with Crippen LogP contribution in [0.25, 0.3) is 0 Å². The van der Waals surface area contributed by atoms with Crippen LogP contribution in [0.15, 0.2) is 12.1 Å². The lowest BCUT2D eigenvalue weighted by Gasteiger charge is -2.13. The van der Waals surface area contributed by atoms with Crippen LogP contribution in [-0.2, 0) is 22.3 Å². The average Bonchev–Trinajstić information content (AvgIpc) is 2.34. The fourth-order valence-corrected chi connectivity index (χ4v) is 1.23. The van der Waals surface area contributed by atoms with Crippen LogP contribution in [0.3, 0.4) is 0 Å². The third kappa shape index (κ3) is 4.18. The van der Waals surface area contributed by atoms with Crippen LogP contribution < -0.4 is 0 Å². The van der Waals surface area contributed by atoms with Crippen LogP contribution in [0.2, 0.25) is 0 Å². The minimum absolute atomic E-state index is 0.300. The number of ether oxygens (including phenoxy) is 2. The number of aromatic nitrogens is 1. The van der Waals surface area contributed by atoms with Crippen LogP contribution >= 0.6 is 0 Å². The maximum absolute atomic E-state index is 12.5. The summed E-state index contributed by atoms with van der Waals surface area (Å²) in [6.07, 6.45) is -5.32. The lowest BCUT2D eigenvalue weighted by Crippen LogP contribution is -2.16. The quantitative estimate of drug-likeness (QED) is 0.838. The smallest absolute Gasteiger partial charge is 0.433 e. The summed E-state index contributed by atoms with van der Waals surface area (Å²) in [4.78, 5) is 14.2. The van der Waals surface area contributed by atoms with Crippen molar-refractivity contribution in [2.75, 3.05) is 7.11 Å². The van der Waals surface area contributed by atoms with Gasteiger partial charge in [-0.3, -0.25) is 0 Å². The Morgan fingerprint density at radius 1 is 1.47 bits per heavy atom. The molecule has 0 bridgehead atoms. The van der Waals surface area contributed by atoms with Gasteiger partial charge in [0.05, 0.1) is 17.9 Å². The Kier molecular flexibility index (Phi) is 4.84. The van der Waals surface area contributed by atoms with Gasteiger partial charge >= 0.3 is 12.1 Å². The second kappa shape index (κ2) is 5.98. The third-order valence-electron chi connectivity index (χ3n) is 2.28. The van der Waals surface area contributed by atoms with Crippen molar-refractivity contribution in [1.82, 2.24) is 4.98 Å². The van der Waals surface area contributed by atoms with Gasteiger partial charge in [0, 0.05) is 7.11 Å². The molecule has 0 aliphatic heterocycles. The summed E-state index contributed by atoms with van der Waals surface area (Å²) in [5.41, 5.74) is -1.80. The zero-order valence-electron chi connectivity index (χ0n) is 10.2. The molecular formula is C11H12F3NO4. The number of halogens is 3. The summed E-state index contributed by atoms with van der Waals surface area (Å²) in [5, 5.41) is 8.87. The number of hydrogen-bond donors (Lipinski definition) is 1. The van der Waals surface area contributed by atoms with Crippen molar-refractivity contribution in [3.8, 4) is 0 Å². The summed E-state index contributed by atoms with van der Waals surface area (Å²) < 4.78 is 47.2. The Morgan fingerprint density at radius 2 is 2.11 bits per heavy atom. The van der Waals surface area contributed by atoms with Gasteiger partial charge in [-0.25, -0.2) is 9.78 Å². The van der Waals surface area contributed by atoms with Crippen molar-refractivity contribution >= 4 is 5.97 Å². The topological polar surface area (TPSA) is 68.7 Å². The van der Waals surface area contributed by atoms with Crippen LogP contribution in [0.5, 0.6) is 0 Å². The van der Waals surface area contributed by atoms with Gasteiger partial charge < -0.3 is 14.6 Å². The molecule has 0 saturated heterocycles. The zero-order valence-corrected chi connectivity index (χ0v) is 10.2. The van der Waals surface area contributed by atoms with Crippen molar-refractivity contribution < 1.29 is 32.5 Å². The van der Waals surface area contributed by atoms with Gasteiger partial charge in [0.15, 0.2) is 6.29 Å². The summed E-state index contributed by atoms with van der Waals surface area (Å²) in [7, 11) is 1.35. The fourth-order valence-electron chi connectivity index (χ4n) is 1.23. The van der Waals surface area contributed by atoms with Crippen molar-refractivity contribution in [2.45, 2.75) is 26.0 Å². The normalized spacial score (nSPS) is 13.3. The number of methoxy groups -OCH3 is 1. The van der Waals surface area contributed by atoms with Gasteiger partial charge in [-0.2, -0.15) is 13.2 Å². The van der Waals surface area contributed by atoms with Gasteiger partial charge in [-0.1, -0.05) is 0 Å². The second-order valence-corrected chi connectivity index (χ2v) is 3.61. The molecule has 1 aromatic rings. The number of alkyl halides is 3. The Morgan fingerprint density at radius 3 is 2.58 bits per heavy atom. The molecule has 1 N–H and O–H groups in total. The molecular weight excluding hydrogens is 267 g/mol. The maximum atomic E-state index is 12.5. The summed E-state index contributed by atoms with van der Waals surface area (Å²) in [6.45, 7) is 1.13. The molecule has 1 unspecified atom stereocenters. The molecule has 0 spiro atoms. The van der Waals surface area contributed by atoms with Crippen molar-refractivity contribution in [3.63, 3.8) is 0 Å². The molecule has 106 valence electrons. The fraction of sp³-hybridized carbons (Fsp3) is 0.455.